The number of rotatable bonds is 10. The lowest BCUT2D eigenvalue weighted by molar-refractivity contribution is -0.121. The fourth-order valence-electron chi connectivity index (χ4n) is 4.57. The zero-order valence-electron chi connectivity index (χ0n) is 19.3. The van der Waals surface area contributed by atoms with E-state index < -0.39 is 6.04 Å². The molecule has 0 aromatic heterocycles. The normalized spacial score (nSPS) is 15.0. The number of aldehydes is 1. The standard InChI is InChI=1S/C26H29N3O5/c1-27-24(31)12-11-19(17-30)29-16-21-20(26(29)33)7-4-9-23(21)34-15-5-10-25(32)28-14-13-18-6-2-3-8-22(18)28/h2-4,6-9,17,19H,5,10-16H2,1H3,(H,27,31). The van der Waals surface area contributed by atoms with Crippen LogP contribution in [0.2, 0.25) is 0 Å². The number of benzene rings is 2. The molecule has 0 saturated heterocycles. The molecule has 34 heavy (non-hydrogen) atoms. The molecular formula is C26H29N3O5. The van der Waals surface area contributed by atoms with Crippen LogP contribution in [0, 0.1) is 0 Å². The van der Waals surface area contributed by atoms with Crippen LogP contribution < -0.4 is 15.0 Å². The molecule has 8 heteroatoms. The minimum Gasteiger partial charge on any atom is -0.493 e. The van der Waals surface area contributed by atoms with Crippen molar-refractivity contribution in [2.75, 3.05) is 25.1 Å². The van der Waals surface area contributed by atoms with E-state index >= 15 is 0 Å². The third kappa shape index (κ3) is 4.81. The summed E-state index contributed by atoms with van der Waals surface area (Å²) in [5.74, 6) is 0.255. The molecule has 8 nitrogen and oxygen atoms in total. The number of nitrogens with zero attached hydrogens (tertiary/aromatic N) is 2. The second-order valence-corrected chi connectivity index (χ2v) is 8.51. The van der Waals surface area contributed by atoms with Crippen LogP contribution in [0.4, 0.5) is 5.69 Å². The van der Waals surface area contributed by atoms with Crippen LogP contribution in [0.25, 0.3) is 0 Å². The average molecular weight is 464 g/mol. The number of hydrogen-bond donors (Lipinski definition) is 1. The predicted molar refractivity (Wildman–Crippen MR) is 127 cm³/mol. The van der Waals surface area contributed by atoms with Crippen molar-refractivity contribution in [1.29, 1.82) is 0 Å². The van der Waals surface area contributed by atoms with Gasteiger partial charge in [0.1, 0.15) is 12.0 Å². The van der Waals surface area contributed by atoms with E-state index in [9.17, 15) is 19.2 Å². The van der Waals surface area contributed by atoms with Gasteiger partial charge in [0.05, 0.1) is 19.2 Å². The smallest absolute Gasteiger partial charge is 0.255 e. The van der Waals surface area contributed by atoms with Gasteiger partial charge in [0.15, 0.2) is 0 Å². The van der Waals surface area contributed by atoms with Gasteiger partial charge in [0, 0.05) is 43.2 Å². The summed E-state index contributed by atoms with van der Waals surface area (Å²) in [5, 5.41) is 2.53. The molecule has 2 aromatic rings. The quantitative estimate of drug-likeness (QED) is 0.431. The Kier molecular flexibility index (Phi) is 7.25. The molecule has 4 rings (SSSR count). The lowest BCUT2D eigenvalue weighted by Crippen LogP contribution is -2.37. The van der Waals surface area contributed by atoms with Gasteiger partial charge in [-0.2, -0.15) is 0 Å². The van der Waals surface area contributed by atoms with Crippen LogP contribution in [0.5, 0.6) is 5.75 Å². The summed E-state index contributed by atoms with van der Waals surface area (Å²) in [4.78, 5) is 52.1. The molecule has 2 aromatic carbocycles. The summed E-state index contributed by atoms with van der Waals surface area (Å²) in [5.41, 5.74) is 3.44. The van der Waals surface area contributed by atoms with Gasteiger partial charge in [-0.25, -0.2) is 0 Å². The second kappa shape index (κ2) is 10.5. The van der Waals surface area contributed by atoms with E-state index in [0.29, 0.717) is 37.3 Å². The number of anilines is 1. The number of carbonyl (C=O) groups is 4. The second-order valence-electron chi connectivity index (χ2n) is 8.51. The average Bonchev–Trinajstić information content (AvgIpc) is 3.44. The van der Waals surface area contributed by atoms with Crippen molar-refractivity contribution in [3.63, 3.8) is 0 Å². The van der Waals surface area contributed by atoms with Crippen LogP contribution in [-0.2, 0) is 27.3 Å². The number of amides is 3. The maximum absolute atomic E-state index is 12.9. The zero-order chi connectivity index (χ0) is 24.1. The van der Waals surface area contributed by atoms with E-state index in [2.05, 4.69) is 11.4 Å². The first-order valence-corrected chi connectivity index (χ1v) is 11.6. The minimum atomic E-state index is -0.675. The Morgan fingerprint density at radius 3 is 2.76 bits per heavy atom. The van der Waals surface area contributed by atoms with E-state index in [0.717, 1.165) is 24.0 Å². The number of fused-ring (bicyclic) bond motifs is 2. The highest BCUT2D eigenvalue weighted by Gasteiger charge is 2.34. The summed E-state index contributed by atoms with van der Waals surface area (Å²) < 4.78 is 5.95. The molecule has 0 bridgehead atoms. The lowest BCUT2D eigenvalue weighted by atomic mass is 10.1. The van der Waals surface area contributed by atoms with Crippen molar-refractivity contribution in [3.8, 4) is 5.75 Å². The molecular weight excluding hydrogens is 434 g/mol. The predicted octanol–water partition coefficient (Wildman–Crippen LogP) is 2.48. The minimum absolute atomic E-state index is 0.0816. The fraction of sp³-hybridized carbons (Fsp3) is 0.385. The van der Waals surface area contributed by atoms with Crippen LogP contribution in [0.3, 0.4) is 0 Å². The largest absolute Gasteiger partial charge is 0.493 e. The van der Waals surface area contributed by atoms with E-state index in [4.69, 9.17) is 4.74 Å². The van der Waals surface area contributed by atoms with Gasteiger partial charge in [0.25, 0.3) is 5.91 Å². The van der Waals surface area contributed by atoms with Crippen molar-refractivity contribution in [2.24, 2.45) is 0 Å². The molecule has 0 spiro atoms. The molecule has 0 fully saturated rings. The molecule has 1 unspecified atom stereocenters. The maximum Gasteiger partial charge on any atom is 0.255 e. The summed E-state index contributed by atoms with van der Waals surface area (Å²) in [6, 6.07) is 12.6. The zero-order valence-corrected chi connectivity index (χ0v) is 19.3. The highest BCUT2D eigenvalue weighted by atomic mass is 16.5. The van der Waals surface area contributed by atoms with Crippen molar-refractivity contribution in [1.82, 2.24) is 10.2 Å². The Hall–Kier alpha value is -3.68. The van der Waals surface area contributed by atoms with E-state index in [1.54, 1.807) is 18.2 Å². The van der Waals surface area contributed by atoms with Crippen molar-refractivity contribution < 1.29 is 23.9 Å². The van der Waals surface area contributed by atoms with Crippen LogP contribution in [0.15, 0.2) is 42.5 Å². The number of ether oxygens (including phenoxy) is 1. The van der Waals surface area contributed by atoms with Crippen LogP contribution in [0.1, 0.15) is 47.2 Å². The molecule has 0 aliphatic carbocycles. The molecule has 0 saturated carbocycles. The first kappa shape index (κ1) is 23.5. The van der Waals surface area contributed by atoms with Gasteiger partial charge in [-0.3, -0.25) is 14.4 Å². The van der Waals surface area contributed by atoms with Gasteiger partial charge in [-0.1, -0.05) is 24.3 Å². The highest BCUT2D eigenvalue weighted by molar-refractivity contribution is 6.00. The first-order valence-electron chi connectivity index (χ1n) is 11.6. The van der Waals surface area contributed by atoms with Crippen molar-refractivity contribution >= 4 is 29.7 Å². The third-order valence-electron chi connectivity index (χ3n) is 6.44. The summed E-state index contributed by atoms with van der Waals surface area (Å²) >= 11 is 0. The number of para-hydroxylation sites is 1. The molecule has 2 heterocycles. The van der Waals surface area contributed by atoms with Crippen molar-refractivity contribution in [2.45, 2.75) is 44.7 Å². The Balaban J connectivity index is 1.32. The van der Waals surface area contributed by atoms with Gasteiger partial charge >= 0.3 is 0 Å². The van der Waals surface area contributed by atoms with Crippen molar-refractivity contribution in [3.05, 3.63) is 59.2 Å². The Morgan fingerprint density at radius 1 is 1.15 bits per heavy atom. The van der Waals surface area contributed by atoms with E-state index in [1.807, 2.05) is 23.1 Å². The SMILES string of the molecule is CNC(=O)CCC(C=O)N1Cc2c(OCCCC(=O)N3CCc4ccccc43)cccc2C1=O. The molecule has 178 valence electrons. The monoisotopic (exact) mass is 463 g/mol. The Labute approximate surface area is 198 Å². The molecule has 0 radical (unpaired) electrons. The fourth-order valence-corrected chi connectivity index (χ4v) is 4.57. The topological polar surface area (TPSA) is 96.0 Å². The number of hydrogen-bond acceptors (Lipinski definition) is 5. The highest BCUT2D eigenvalue weighted by Crippen LogP contribution is 2.33. The number of nitrogens with one attached hydrogen (secondary N) is 1. The maximum atomic E-state index is 12.9. The van der Waals surface area contributed by atoms with Gasteiger partial charge < -0.3 is 24.6 Å². The Bertz CT molecular complexity index is 1100. The van der Waals surface area contributed by atoms with E-state index in [-0.39, 0.29) is 37.1 Å². The lowest BCUT2D eigenvalue weighted by Gasteiger charge is -2.22. The third-order valence-corrected chi connectivity index (χ3v) is 6.44. The van der Waals surface area contributed by atoms with E-state index in [1.165, 1.54) is 17.5 Å². The molecule has 2 aliphatic rings. The molecule has 2 aliphatic heterocycles. The van der Waals surface area contributed by atoms with Crippen LogP contribution in [-0.4, -0.2) is 55.1 Å². The summed E-state index contributed by atoms with van der Waals surface area (Å²) in [6.07, 6.45) is 2.96. The van der Waals surface area contributed by atoms with Gasteiger partial charge in [-0.05, 0) is 43.0 Å². The molecule has 1 N–H and O–H groups in total. The van der Waals surface area contributed by atoms with Gasteiger partial charge in [-0.15, -0.1) is 0 Å². The first-order chi connectivity index (χ1) is 16.5. The Morgan fingerprint density at radius 2 is 1.97 bits per heavy atom. The van der Waals surface area contributed by atoms with Crippen LogP contribution >= 0.6 is 0 Å². The van der Waals surface area contributed by atoms with Gasteiger partial charge in [0.2, 0.25) is 11.8 Å². The molecule has 1 atom stereocenters. The summed E-state index contributed by atoms with van der Waals surface area (Å²) in [6.45, 7) is 1.31. The number of carbonyl (C=O) groups excluding carboxylic acids is 4. The molecule has 3 amide bonds. The summed E-state index contributed by atoms with van der Waals surface area (Å²) in [7, 11) is 1.54.